The molecule has 0 unspecified atom stereocenters. The highest BCUT2D eigenvalue weighted by molar-refractivity contribution is 5.95. The number of carbonyl (C=O) groups is 1. The minimum absolute atomic E-state index is 0.0271. The van der Waals surface area contributed by atoms with E-state index in [9.17, 15) is 4.79 Å². The van der Waals surface area contributed by atoms with E-state index in [0.717, 1.165) is 46.9 Å². The summed E-state index contributed by atoms with van der Waals surface area (Å²) >= 11 is 0. The van der Waals surface area contributed by atoms with Gasteiger partial charge in [-0.05, 0) is 19.8 Å². The predicted octanol–water partition coefficient (Wildman–Crippen LogP) is 3.52. The number of aromatic nitrogens is 3. The minimum atomic E-state index is -0.0271. The molecular formula is C21H20N4O2. The molecule has 6 heteroatoms. The van der Waals surface area contributed by atoms with Gasteiger partial charge in [-0.1, -0.05) is 35.5 Å². The van der Waals surface area contributed by atoms with Gasteiger partial charge in [0.25, 0.3) is 5.91 Å². The van der Waals surface area contributed by atoms with Gasteiger partial charge in [0.2, 0.25) is 0 Å². The van der Waals surface area contributed by atoms with Crippen molar-refractivity contribution in [3.63, 3.8) is 0 Å². The number of rotatable bonds is 3. The van der Waals surface area contributed by atoms with E-state index in [4.69, 9.17) is 4.52 Å². The lowest BCUT2D eigenvalue weighted by Crippen LogP contribution is -2.36. The molecule has 6 nitrogen and oxygen atoms in total. The number of carbonyl (C=O) groups excluding carboxylic acids is 1. The monoisotopic (exact) mass is 360 g/mol. The van der Waals surface area contributed by atoms with E-state index in [1.807, 2.05) is 42.2 Å². The Morgan fingerprint density at radius 1 is 1.22 bits per heavy atom. The van der Waals surface area contributed by atoms with Crippen LogP contribution in [-0.4, -0.2) is 32.5 Å². The molecule has 0 saturated heterocycles. The Kier molecular flexibility index (Phi) is 3.77. The molecule has 0 atom stereocenters. The van der Waals surface area contributed by atoms with Crippen LogP contribution >= 0.6 is 0 Å². The molecule has 1 saturated carbocycles. The molecule has 1 aliphatic heterocycles. The van der Waals surface area contributed by atoms with Crippen molar-refractivity contribution in [2.45, 2.75) is 38.6 Å². The Labute approximate surface area is 157 Å². The van der Waals surface area contributed by atoms with Gasteiger partial charge < -0.3 is 9.42 Å². The second kappa shape index (κ2) is 6.30. The summed E-state index contributed by atoms with van der Waals surface area (Å²) in [6.45, 7) is 3.00. The van der Waals surface area contributed by atoms with Gasteiger partial charge >= 0.3 is 0 Å². The van der Waals surface area contributed by atoms with E-state index < -0.39 is 0 Å². The zero-order valence-corrected chi connectivity index (χ0v) is 15.2. The summed E-state index contributed by atoms with van der Waals surface area (Å²) in [5.41, 5.74) is 4.16. The molecule has 2 aromatic heterocycles. The van der Waals surface area contributed by atoms with Crippen LogP contribution in [-0.2, 0) is 13.0 Å². The largest absolute Gasteiger partial charge is 0.360 e. The normalized spacial score (nSPS) is 16.3. The van der Waals surface area contributed by atoms with E-state index in [1.54, 1.807) is 6.20 Å². The van der Waals surface area contributed by atoms with Crippen molar-refractivity contribution in [2.24, 2.45) is 0 Å². The zero-order chi connectivity index (χ0) is 18.4. The lowest BCUT2D eigenvalue weighted by molar-refractivity contribution is 0.0727. The summed E-state index contributed by atoms with van der Waals surface area (Å²) < 4.78 is 5.54. The Hall–Kier alpha value is -3.02. The van der Waals surface area contributed by atoms with Crippen LogP contribution in [0.15, 0.2) is 41.1 Å². The quantitative estimate of drug-likeness (QED) is 0.715. The summed E-state index contributed by atoms with van der Waals surface area (Å²) in [5.74, 6) is 2.20. The standard InChI is InChI=1S/C21H20N4O2/c1-13-16(11-22-20(23-13)15-7-8-15)21(26)25-10-9-18-17(12-25)19(24-27-18)14-5-3-2-4-6-14/h2-6,11,15H,7-10,12H2,1H3. The summed E-state index contributed by atoms with van der Waals surface area (Å²) in [5, 5.41) is 4.25. The second-order valence-corrected chi connectivity index (χ2v) is 7.28. The van der Waals surface area contributed by atoms with Gasteiger partial charge in [0, 0.05) is 36.2 Å². The Morgan fingerprint density at radius 2 is 2.04 bits per heavy atom. The highest BCUT2D eigenvalue weighted by atomic mass is 16.5. The number of fused-ring (bicyclic) bond motifs is 1. The molecule has 0 spiro atoms. The molecule has 3 heterocycles. The Morgan fingerprint density at radius 3 is 2.78 bits per heavy atom. The lowest BCUT2D eigenvalue weighted by atomic mass is 10.0. The van der Waals surface area contributed by atoms with Crippen molar-refractivity contribution in [3.8, 4) is 11.3 Å². The van der Waals surface area contributed by atoms with E-state index in [-0.39, 0.29) is 5.91 Å². The smallest absolute Gasteiger partial charge is 0.257 e. The first-order chi connectivity index (χ1) is 13.2. The van der Waals surface area contributed by atoms with Gasteiger partial charge in [0.1, 0.15) is 17.3 Å². The molecule has 0 N–H and O–H groups in total. The minimum Gasteiger partial charge on any atom is -0.360 e. The maximum Gasteiger partial charge on any atom is 0.257 e. The van der Waals surface area contributed by atoms with E-state index >= 15 is 0 Å². The molecule has 136 valence electrons. The van der Waals surface area contributed by atoms with Crippen molar-refractivity contribution in [3.05, 3.63) is 64.9 Å². The summed E-state index contributed by atoms with van der Waals surface area (Å²) in [6, 6.07) is 9.94. The molecule has 1 amide bonds. The lowest BCUT2D eigenvalue weighted by Gasteiger charge is -2.26. The number of nitrogens with zero attached hydrogens (tertiary/aromatic N) is 4. The Balaban J connectivity index is 1.42. The van der Waals surface area contributed by atoms with E-state index in [2.05, 4.69) is 15.1 Å². The van der Waals surface area contributed by atoms with Gasteiger partial charge in [0.05, 0.1) is 17.8 Å². The van der Waals surface area contributed by atoms with Gasteiger partial charge in [-0.25, -0.2) is 9.97 Å². The maximum atomic E-state index is 13.1. The van der Waals surface area contributed by atoms with Gasteiger partial charge in [-0.2, -0.15) is 0 Å². The fourth-order valence-corrected chi connectivity index (χ4v) is 3.61. The number of hydrogen-bond acceptors (Lipinski definition) is 5. The van der Waals surface area contributed by atoms with Crippen molar-refractivity contribution in [2.75, 3.05) is 6.54 Å². The van der Waals surface area contributed by atoms with E-state index in [0.29, 0.717) is 31.0 Å². The molecule has 1 aromatic carbocycles. The van der Waals surface area contributed by atoms with Crippen LogP contribution < -0.4 is 0 Å². The highest BCUT2D eigenvalue weighted by Crippen LogP contribution is 2.38. The number of amides is 1. The fourth-order valence-electron chi connectivity index (χ4n) is 3.61. The molecule has 27 heavy (non-hydrogen) atoms. The fraction of sp³-hybridized carbons (Fsp3) is 0.333. The average Bonchev–Trinajstić information content (AvgIpc) is 3.47. The number of hydrogen-bond donors (Lipinski definition) is 0. The van der Waals surface area contributed by atoms with Crippen LogP contribution in [0.4, 0.5) is 0 Å². The Bertz CT molecular complexity index is 1010. The molecule has 0 radical (unpaired) electrons. The molecule has 1 fully saturated rings. The van der Waals surface area contributed by atoms with Gasteiger partial charge in [0.15, 0.2) is 0 Å². The molecule has 2 aliphatic rings. The van der Waals surface area contributed by atoms with Crippen molar-refractivity contribution < 1.29 is 9.32 Å². The topological polar surface area (TPSA) is 72.1 Å². The molecule has 0 bridgehead atoms. The van der Waals surface area contributed by atoms with E-state index in [1.165, 1.54) is 0 Å². The average molecular weight is 360 g/mol. The molecule has 5 rings (SSSR count). The third kappa shape index (κ3) is 2.91. The molecule has 1 aliphatic carbocycles. The third-order valence-electron chi connectivity index (χ3n) is 5.33. The van der Waals surface area contributed by atoms with Crippen molar-refractivity contribution in [1.82, 2.24) is 20.0 Å². The summed E-state index contributed by atoms with van der Waals surface area (Å²) in [4.78, 5) is 23.9. The van der Waals surface area contributed by atoms with Crippen LogP contribution in [0.1, 0.15) is 52.0 Å². The van der Waals surface area contributed by atoms with Crippen LogP contribution in [0.5, 0.6) is 0 Å². The maximum absolute atomic E-state index is 13.1. The van der Waals surface area contributed by atoms with Crippen LogP contribution in [0, 0.1) is 6.92 Å². The molecular weight excluding hydrogens is 340 g/mol. The van der Waals surface area contributed by atoms with Gasteiger partial charge in [-0.3, -0.25) is 4.79 Å². The third-order valence-corrected chi connectivity index (χ3v) is 5.33. The first kappa shape index (κ1) is 16.2. The predicted molar refractivity (Wildman–Crippen MR) is 99.1 cm³/mol. The SMILES string of the molecule is Cc1nc(C2CC2)ncc1C(=O)N1CCc2onc(-c3ccccc3)c2C1. The van der Waals surface area contributed by atoms with Crippen LogP contribution in [0.25, 0.3) is 11.3 Å². The first-order valence-electron chi connectivity index (χ1n) is 9.36. The zero-order valence-electron chi connectivity index (χ0n) is 15.2. The summed E-state index contributed by atoms with van der Waals surface area (Å²) in [6.07, 6.45) is 4.66. The number of aryl methyl sites for hydroxylation is 1. The molecule has 3 aromatic rings. The van der Waals surface area contributed by atoms with Crippen molar-refractivity contribution >= 4 is 5.91 Å². The first-order valence-corrected chi connectivity index (χ1v) is 9.36. The number of benzene rings is 1. The van der Waals surface area contributed by atoms with Crippen LogP contribution in [0.2, 0.25) is 0 Å². The summed E-state index contributed by atoms with van der Waals surface area (Å²) in [7, 11) is 0. The van der Waals surface area contributed by atoms with Crippen LogP contribution in [0.3, 0.4) is 0 Å². The second-order valence-electron chi connectivity index (χ2n) is 7.28. The van der Waals surface area contributed by atoms with Crippen molar-refractivity contribution in [1.29, 1.82) is 0 Å². The highest BCUT2D eigenvalue weighted by Gasteiger charge is 2.30. The van der Waals surface area contributed by atoms with Gasteiger partial charge in [-0.15, -0.1) is 0 Å².